The van der Waals surface area contributed by atoms with E-state index in [9.17, 15) is 9.59 Å². The van der Waals surface area contributed by atoms with Gasteiger partial charge in [0.1, 0.15) is 13.2 Å². The number of benzene rings is 2. The fourth-order valence-corrected chi connectivity index (χ4v) is 5.33. The molecule has 0 saturated carbocycles. The monoisotopic (exact) mass is 537 g/mol. The summed E-state index contributed by atoms with van der Waals surface area (Å²) in [6.07, 6.45) is 4.91. The molecule has 1 aliphatic rings. The molecule has 0 spiro atoms. The zero-order valence-electron chi connectivity index (χ0n) is 23.7. The summed E-state index contributed by atoms with van der Waals surface area (Å²) in [5.74, 6) is -1.90. The van der Waals surface area contributed by atoms with Crippen LogP contribution in [0.2, 0.25) is 0 Å². The van der Waals surface area contributed by atoms with E-state index in [4.69, 9.17) is 14.6 Å². The number of aromatic nitrogens is 2. The van der Waals surface area contributed by atoms with Crippen molar-refractivity contribution in [2.24, 2.45) is 0 Å². The van der Waals surface area contributed by atoms with Gasteiger partial charge in [-0.2, -0.15) is 5.10 Å². The molecule has 2 aromatic carbocycles. The second-order valence-electron chi connectivity index (χ2n) is 9.90. The van der Waals surface area contributed by atoms with Crippen LogP contribution >= 0.6 is 0 Å². The minimum absolute atomic E-state index is 0.0353. The highest BCUT2D eigenvalue weighted by Crippen LogP contribution is 2.44. The minimum Gasteiger partial charge on any atom is -0.458 e. The molecular weight excluding hydrogens is 502 g/mol. The molecule has 40 heavy (non-hydrogen) atoms. The van der Waals surface area contributed by atoms with Crippen molar-refractivity contribution in [2.75, 3.05) is 13.2 Å². The smallest absolute Gasteiger partial charge is 0.337 e. The summed E-state index contributed by atoms with van der Waals surface area (Å²) in [6, 6.07) is 13.9. The van der Waals surface area contributed by atoms with Crippen LogP contribution in [-0.4, -0.2) is 34.9 Å². The Hall–Kier alpha value is -4.65. The van der Waals surface area contributed by atoms with E-state index in [1.807, 2.05) is 50.4 Å². The van der Waals surface area contributed by atoms with E-state index in [0.29, 0.717) is 33.8 Å². The second kappa shape index (κ2) is 12.0. The van der Waals surface area contributed by atoms with Gasteiger partial charge in [0.05, 0.1) is 28.4 Å². The third-order valence-corrected chi connectivity index (χ3v) is 6.85. The van der Waals surface area contributed by atoms with Crippen molar-refractivity contribution in [3.63, 3.8) is 0 Å². The third kappa shape index (κ3) is 5.54. The summed E-state index contributed by atoms with van der Waals surface area (Å²) in [7, 11) is 0. The van der Waals surface area contributed by atoms with Crippen molar-refractivity contribution in [2.45, 2.75) is 40.5 Å². The van der Waals surface area contributed by atoms with Crippen molar-refractivity contribution >= 4 is 11.9 Å². The van der Waals surface area contributed by atoms with Crippen LogP contribution in [0.3, 0.4) is 0 Å². The lowest BCUT2D eigenvalue weighted by Crippen LogP contribution is -2.32. The maximum atomic E-state index is 13.6. The predicted molar refractivity (Wildman–Crippen MR) is 157 cm³/mol. The Kier molecular flexibility index (Phi) is 8.53. The van der Waals surface area contributed by atoms with Crippen molar-refractivity contribution in [1.29, 1.82) is 0 Å². The standard InChI is InChI=1S/C33H35N3O4/c1-8-15-39-32(37)28-23(6)34-24(7)29(33(38)40-16-9-2)30(28)26-19-36(25-13-11-10-12-14-25)35-31(26)27-21(4)17-20(3)18-22(27)5/h8-14,17-19,30,34H,1-2,15-16H2,3-7H3. The molecule has 3 aromatic rings. The van der Waals surface area contributed by atoms with Crippen molar-refractivity contribution < 1.29 is 19.1 Å². The van der Waals surface area contributed by atoms with Crippen molar-refractivity contribution in [3.8, 4) is 16.9 Å². The SMILES string of the molecule is C=CCOC(=O)C1=C(C)NC(C)=C(C(=O)OCC=C)C1c1cn(-c2ccccc2)nc1-c1c(C)cc(C)cc1C. The van der Waals surface area contributed by atoms with Crippen LogP contribution < -0.4 is 5.32 Å². The first kappa shape index (κ1) is 28.4. The molecule has 0 unspecified atom stereocenters. The fraction of sp³-hybridized carbons (Fsp3) is 0.242. The first-order chi connectivity index (χ1) is 19.2. The molecule has 7 nitrogen and oxygen atoms in total. The van der Waals surface area contributed by atoms with Crippen LogP contribution in [0.25, 0.3) is 16.9 Å². The molecule has 0 bridgehead atoms. The first-order valence-corrected chi connectivity index (χ1v) is 13.2. The number of para-hydroxylation sites is 1. The van der Waals surface area contributed by atoms with E-state index < -0.39 is 17.9 Å². The number of carbonyl (C=O) groups is 2. The number of hydrogen-bond acceptors (Lipinski definition) is 6. The number of rotatable bonds is 9. The highest BCUT2D eigenvalue weighted by atomic mass is 16.5. The number of dihydropyridines is 1. The summed E-state index contributed by atoms with van der Waals surface area (Å²) in [5.41, 5.74) is 8.19. The molecule has 2 heterocycles. The lowest BCUT2D eigenvalue weighted by molar-refractivity contribution is -0.138. The molecule has 1 aliphatic heterocycles. The molecule has 206 valence electrons. The second-order valence-corrected chi connectivity index (χ2v) is 9.90. The van der Waals surface area contributed by atoms with E-state index >= 15 is 0 Å². The van der Waals surface area contributed by atoms with Crippen LogP contribution in [-0.2, 0) is 19.1 Å². The molecular formula is C33H35N3O4. The largest absolute Gasteiger partial charge is 0.458 e. The first-order valence-electron chi connectivity index (χ1n) is 13.2. The quantitative estimate of drug-likeness (QED) is 0.260. The highest BCUT2D eigenvalue weighted by molar-refractivity contribution is 6.00. The van der Waals surface area contributed by atoms with Gasteiger partial charge in [0.2, 0.25) is 0 Å². The molecule has 0 atom stereocenters. The molecule has 0 amide bonds. The van der Waals surface area contributed by atoms with Gasteiger partial charge in [0, 0.05) is 28.7 Å². The van der Waals surface area contributed by atoms with Crippen molar-refractivity contribution in [3.05, 3.63) is 119 Å². The fourth-order valence-electron chi connectivity index (χ4n) is 5.33. The Labute approximate surface area is 235 Å². The third-order valence-electron chi connectivity index (χ3n) is 6.85. The Morgan fingerprint density at radius 1 is 0.900 bits per heavy atom. The van der Waals surface area contributed by atoms with Crippen molar-refractivity contribution in [1.82, 2.24) is 15.1 Å². The molecule has 0 radical (unpaired) electrons. The maximum Gasteiger partial charge on any atom is 0.337 e. The van der Waals surface area contributed by atoms with E-state index in [2.05, 4.69) is 37.5 Å². The van der Waals surface area contributed by atoms with Crippen LogP contribution in [0.1, 0.15) is 42.0 Å². The van der Waals surface area contributed by atoms with Gasteiger partial charge in [-0.15, -0.1) is 0 Å². The number of ether oxygens (including phenoxy) is 2. The Morgan fingerprint density at radius 2 is 1.43 bits per heavy atom. The molecule has 1 N–H and O–H groups in total. The van der Waals surface area contributed by atoms with Gasteiger partial charge in [-0.1, -0.05) is 61.2 Å². The molecule has 0 fully saturated rings. The van der Waals surface area contributed by atoms with Crippen LogP contribution in [0.15, 0.2) is 96.5 Å². The number of carbonyl (C=O) groups excluding carboxylic acids is 2. The number of nitrogens with zero attached hydrogens (tertiary/aromatic N) is 2. The highest BCUT2D eigenvalue weighted by Gasteiger charge is 2.40. The molecule has 1 aromatic heterocycles. The summed E-state index contributed by atoms with van der Waals surface area (Å²) >= 11 is 0. The zero-order chi connectivity index (χ0) is 29.0. The minimum atomic E-state index is -0.802. The lowest BCUT2D eigenvalue weighted by atomic mass is 9.79. The topological polar surface area (TPSA) is 82.5 Å². The number of hydrogen-bond donors (Lipinski definition) is 1. The summed E-state index contributed by atoms with van der Waals surface area (Å²) in [4.78, 5) is 27.1. The molecule has 7 heteroatoms. The van der Waals surface area contributed by atoms with Gasteiger partial charge < -0.3 is 14.8 Å². The lowest BCUT2D eigenvalue weighted by Gasteiger charge is -2.30. The van der Waals surface area contributed by atoms with E-state index in [0.717, 1.165) is 27.9 Å². The maximum absolute atomic E-state index is 13.6. The number of nitrogens with one attached hydrogen (secondary N) is 1. The van der Waals surface area contributed by atoms with E-state index in [-0.39, 0.29) is 13.2 Å². The van der Waals surface area contributed by atoms with Gasteiger partial charge in [-0.3, -0.25) is 0 Å². The van der Waals surface area contributed by atoms with Gasteiger partial charge in [-0.05, 0) is 57.9 Å². The van der Waals surface area contributed by atoms with Crippen LogP contribution in [0.4, 0.5) is 0 Å². The van der Waals surface area contributed by atoms with E-state index in [1.165, 1.54) is 12.2 Å². The number of esters is 2. The van der Waals surface area contributed by atoms with Gasteiger partial charge in [0.15, 0.2) is 0 Å². The molecule has 4 rings (SSSR count). The van der Waals surface area contributed by atoms with Crippen LogP contribution in [0, 0.1) is 20.8 Å². The predicted octanol–water partition coefficient (Wildman–Crippen LogP) is 6.16. The normalized spacial score (nSPS) is 13.6. The summed E-state index contributed by atoms with van der Waals surface area (Å²) in [6.45, 7) is 17.2. The Balaban J connectivity index is 2.05. The van der Waals surface area contributed by atoms with E-state index in [1.54, 1.807) is 18.5 Å². The Bertz CT molecular complexity index is 1470. The summed E-state index contributed by atoms with van der Waals surface area (Å²) in [5, 5.41) is 8.25. The van der Waals surface area contributed by atoms with Crippen LogP contribution in [0.5, 0.6) is 0 Å². The van der Waals surface area contributed by atoms with Gasteiger partial charge in [0.25, 0.3) is 0 Å². The average molecular weight is 538 g/mol. The summed E-state index contributed by atoms with van der Waals surface area (Å²) < 4.78 is 12.8. The van der Waals surface area contributed by atoms with Gasteiger partial charge >= 0.3 is 11.9 Å². The average Bonchev–Trinajstić information content (AvgIpc) is 3.34. The molecule has 0 aliphatic carbocycles. The van der Waals surface area contributed by atoms with Gasteiger partial charge in [-0.25, -0.2) is 14.3 Å². The molecule has 0 saturated heterocycles. The Morgan fingerprint density at radius 3 is 1.93 bits per heavy atom. The number of aryl methyl sites for hydroxylation is 3. The number of allylic oxidation sites excluding steroid dienone is 2. The zero-order valence-corrected chi connectivity index (χ0v) is 23.7.